The smallest absolute Gasteiger partial charge is 0.372 e. The maximum Gasteiger partial charge on any atom is 0.401 e. The van der Waals surface area contributed by atoms with Crippen molar-refractivity contribution in [2.75, 3.05) is 62.6 Å². The lowest BCUT2D eigenvalue weighted by atomic mass is 10.1. The minimum absolute atomic E-state index is 0.120. The van der Waals surface area contributed by atoms with E-state index in [1.54, 1.807) is 0 Å². The van der Waals surface area contributed by atoms with Crippen LogP contribution in [0.3, 0.4) is 0 Å². The van der Waals surface area contributed by atoms with Gasteiger partial charge in [-0.2, -0.15) is 13.2 Å². The molecule has 0 aromatic heterocycles. The lowest BCUT2D eigenvalue weighted by Crippen LogP contribution is -2.51. The average molecular weight is 490 g/mol. The molecule has 0 spiro atoms. The van der Waals surface area contributed by atoms with Gasteiger partial charge >= 0.3 is 6.18 Å². The Balaban J connectivity index is 1.17. The molecule has 2 N–H and O–H groups in total. The van der Waals surface area contributed by atoms with E-state index in [4.69, 9.17) is 0 Å². The summed E-state index contributed by atoms with van der Waals surface area (Å²) in [4.78, 5) is 18.0. The van der Waals surface area contributed by atoms with Gasteiger partial charge in [-0.05, 0) is 61.2 Å². The Morgan fingerprint density at radius 3 is 1.94 bits per heavy atom. The number of alkyl halides is 3. The van der Waals surface area contributed by atoms with Crippen LogP contribution in [0.4, 0.5) is 30.2 Å². The summed E-state index contributed by atoms with van der Waals surface area (Å²) >= 11 is 0. The number of amides is 1. The molecule has 2 aliphatic rings. The van der Waals surface area contributed by atoms with Gasteiger partial charge < -0.3 is 15.5 Å². The van der Waals surface area contributed by atoms with Gasteiger partial charge in [0.1, 0.15) is 0 Å². The Labute approximate surface area is 205 Å². The van der Waals surface area contributed by atoms with Crippen LogP contribution in [0.2, 0.25) is 0 Å². The van der Waals surface area contributed by atoms with Crippen LogP contribution >= 0.6 is 0 Å². The van der Waals surface area contributed by atoms with Crippen molar-refractivity contribution in [1.29, 1.82) is 0 Å². The minimum Gasteiger partial charge on any atom is -0.372 e. The molecule has 2 saturated heterocycles. The summed E-state index contributed by atoms with van der Waals surface area (Å²) in [6.07, 6.45) is -0.339. The molecule has 0 saturated carbocycles. The zero-order chi connectivity index (χ0) is 24.7. The predicted molar refractivity (Wildman–Crippen MR) is 133 cm³/mol. The van der Waals surface area contributed by atoms with E-state index in [-0.39, 0.29) is 12.5 Å². The Morgan fingerprint density at radius 2 is 1.34 bits per heavy atom. The second-order valence-corrected chi connectivity index (χ2v) is 9.36. The van der Waals surface area contributed by atoms with Crippen LogP contribution in [0, 0.1) is 0 Å². The summed E-state index contributed by atoms with van der Waals surface area (Å²) < 4.78 is 37.5. The summed E-state index contributed by atoms with van der Waals surface area (Å²) in [5, 5.41) is 6.31. The molecule has 2 aliphatic heterocycles. The third kappa shape index (κ3) is 8.14. The SMILES string of the molecule is O=C(CN1CCN(CC(F)(F)F)CC1)NCc1ccc(Nc2ccc(N3CCCCC3)cc2)cc1. The number of rotatable bonds is 8. The monoisotopic (exact) mass is 489 g/mol. The number of carbonyl (C=O) groups excluding carboxylic acids is 1. The Morgan fingerprint density at radius 1 is 0.771 bits per heavy atom. The van der Waals surface area contributed by atoms with Gasteiger partial charge in [0.05, 0.1) is 13.1 Å². The summed E-state index contributed by atoms with van der Waals surface area (Å²) in [5.74, 6) is -0.120. The first-order valence-electron chi connectivity index (χ1n) is 12.3. The van der Waals surface area contributed by atoms with Gasteiger partial charge in [-0.25, -0.2) is 0 Å². The van der Waals surface area contributed by atoms with Gasteiger partial charge in [0.25, 0.3) is 0 Å². The first-order valence-corrected chi connectivity index (χ1v) is 12.3. The van der Waals surface area contributed by atoms with Crippen LogP contribution in [0.5, 0.6) is 0 Å². The molecular formula is C26H34F3N5O. The second-order valence-electron chi connectivity index (χ2n) is 9.36. The lowest BCUT2D eigenvalue weighted by molar-refractivity contribution is -0.150. The molecule has 2 heterocycles. The summed E-state index contributed by atoms with van der Waals surface area (Å²) in [5.41, 5.74) is 4.26. The van der Waals surface area contributed by atoms with Crippen LogP contribution in [0.15, 0.2) is 48.5 Å². The minimum atomic E-state index is -4.18. The fourth-order valence-electron chi connectivity index (χ4n) is 4.60. The van der Waals surface area contributed by atoms with Crippen molar-refractivity contribution in [2.45, 2.75) is 32.0 Å². The highest BCUT2D eigenvalue weighted by atomic mass is 19.4. The molecular weight excluding hydrogens is 455 g/mol. The number of nitrogens with zero attached hydrogens (tertiary/aromatic N) is 3. The average Bonchev–Trinajstić information content (AvgIpc) is 2.85. The molecule has 1 amide bonds. The molecule has 6 nitrogen and oxygen atoms in total. The van der Waals surface area contributed by atoms with Crippen LogP contribution in [0.1, 0.15) is 24.8 Å². The molecule has 2 aromatic carbocycles. The molecule has 190 valence electrons. The molecule has 2 fully saturated rings. The number of anilines is 3. The van der Waals surface area contributed by atoms with Crippen molar-refractivity contribution < 1.29 is 18.0 Å². The Hall–Kier alpha value is -2.78. The number of piperazine rings is 1. The first kappa shape index (κ1) is 25.3. The van der Waals surface area contributed by atoms with Gasteiger partial charge in [0, 0.05) is 62.9 Å². The third-order valence-corrected chi connectivity index (χ3v) is 6.56. The number of carbonyl (C=O) groups is 1. The van der Waals surface area contributed by atoms with E-state index >= 15 is 0 Å². The standard InChI is InChI=1S/C26H34F3N5O/c27-26(28,29)20-33-16-14-32(15-17-33)19-25(35)30-18-21-4-6-22(7-5-21)31-23-8-10-24(11-9-23)34-12-2-1-3-13-34/h4-11,31H,1-3,12-20H2,(H,30,35). The van der Waals surface area contributed by atoms with Crippen LogP contribution < -0.4 is 15.5 Å². The van der Waals surface area contributed by atoms with Crippen molar-refractivity contribution in [3.05, 3.63) is 54.1 Å². The van der Waals surface area contributed by atoms with E-state index in [9.17, 15) is 18.0 Å². The maximum atomic E-state index is 12.5. The van der Waals surface area contributed by atoms with E-state index in [1.807, 2.05) is 29.2 Å². The zero-order valence-corrected chi connectivity index (χ0v) is 20.0. The summed E-state index contributed by atoms with van der Waals surface area (Å²) in [6.45, 7) is 3.55. The van der Waals surface area contributed by atoms with Gasteiger partial charge in [0.2, 0.25) is 5.91 Å². The first-order chi connectivity index (χ1) is 16.8. The quantitative estimate of drug-likeness (QED) is 0.582. The lowest BCUT2D eigenvalue weighted by Gasteiger charge is -2.34. The van der Waals surface area contributed by atoms with E-state index in [0.29, 0.717) is 32.7 Å². The molecule has 2 aromatic rings. The second kappa shape index (κ2) is 11.8. The zero-order valence-electron chi connectivity index (χ0n) is 20.0. The number of benzene rings is 2. The van der Waals surface area contributed by atoms with E-state index < -0.39 is 12.7 Å². The highest BCUT2D eigenvalue weighted by molar-refractivity contribution is 5.78. The van der Waals surface area contributed by atoms with Gasteiger partial charge in [-0.15, -0.1) is 0 Å². The number of piperidine rings is 1. The van der Waals surface area contributed by atoms with Crippen molar-refractivity contribution in [3.8, 4) is 0 Å². The van der Waals surface area contributed by atoms with Gasteiger partial charge in [-0.1, -0.05) is 12.1 Å². The molecule has 0 aliphatic carbocycles. The van der Waals surface area contributed by atoms with Crippen LogP contribution in [-0.4, -0.2) is 74.2 Å². The van der Waals surface area contributed by atoms with Crippen LogP contribution in [0.25, 0.3) is 0 Å². The van der Waals surface area contributed by atoms with Crippen molar-refractivity contribution in [3.63, 3.8) is 0 Å². The number of hydrogen-bond acceptors (Lipinski definition) is 5. The van der Waals surface area contributed by atoms with E-state index in [0.717, 1.165) is 30.0 Å². The third-order valence-electron chi connectivity index (χ3n) is 6.56. The predicted octanol–water partition coefficient (Wildman–Crippen LogP) is 4.22. The summed E-state index contributed by atoms with van der Waals surface area (Å²) in [7, 11) is 0. The fraction of sp³-hybridized carbons (Fsp3) is 0.500. The number of hydrogen-bond donors (Lipinski definition) is 2. The molecule has 0 unspecified atom stereocenters. The topological polar surface area (TPSA) is 50.9 Å². The molecule has 0 atom stereocenters. The molecule has 9 heteroatoms. The van der Waals surface area contributed by atoms with Crippen molar-refractivity contribution in [1.82, 2.24) is 15.1 Å². The summed E-state index contributed by atoms with van der Waals surface area (Å²) in [6, 6.07) is 16.4. The van der Waals surface area contributed by atoms with Gasteiger partial charge in [0.15, 0.2) is 0 Å². The van der Waals surface area contributed by atoms with Crippen LogP contribution in [-0.2, 0) is 11.3 Å². The molecule has 0 bridgehead atoms. The van der Waals surface area contributed by atoms with E-state index in [2.05, 4.69) is 39.8 Å². The van der Waals surface area contributed by atoms with Crippen molar-refractivity contribution >= 4 is 23.0 Å². The highest BCUT2D eigenvalue weighted by Crippen LogP contribution is 2.24. The van der Waals surface area contributed by atoms with Crippen molar-refractivity contribution in [2.24, 2.45) is 0 Å². The number of nitrogens with one attached hydrogen (secondary N) is 2. The molecule has 35 heavy (non-hydrogen) atoms. The maximum absolute atomic E-state index is 12.5. The molecule has 0 radical (unpaired) electrons. The van der Waals surface area contributed by atoms with E-state index in [1.165, 1.54) is 29.8 Å². The Bertz CT molecular complexity index is 935. The Kier molecular flexibility index (Phi) is 8.51. The largest absolute Gasteiger partial charge is 0.401 e. The fourth-order valence-corrected chi connectivity index (χ4v) is 4.60. The molecule has 4 rings (SSSR count). The highest BCUT2D eigenvalue weighted by Gasteiger charge is 2.32. The van der Waals surface area contributed by atoms with Gasteiger partial charge in [-0.3, -0.25) is 14.6 Å². The number of halogens is 3. The normalized spacial score (nSPS) is 17.9.